The van der Waals surface area contributed by atoms with Crippen molar-refractivity contribution in [1.29, 1.82) is 0 Å². The van der Waals surface area contributed by atoms with Crippen molar-refractivity contribution >= 4 is 5.97 Å². The molecule has 1 heterocycles. The van der Waals surface area contributed by atoms with Crippen molar-refractivity contribution in [2.75, 3.05) is 13.2 Å². The molecule has 0 saturated carbocycles. The lowest BCUT2D eigenvalue weighted by atomic mass is 10.1. The highest BCUT2D eigenvalue weighted by atomic mass is 16.5. The second-order valence-electron chi connectivity index (χ2n) is 4.55. The van der Waals surface area contributed by atoms with Crippen LogP contribution in [-0.4, -0.2) is 36.4 Å². The quantitative estimate of drug-likeness (QED) is 0.523. The largest absolute Gasteiger partial charge is 0.465 e. The second-order valence-corrected chi connectivity index (χ2v) is 4.55. The van der Waals surface area contributed by atoms with Gasteiger partial charge in [-0.1, -0.05) is 13.8 Å². The Labute approximate surface area is 91.0 Å². The van der Waals surface area contributed by atoms with E-state index < -0.39 is 6.10 Å². The first kappa shape index (κ1) is 12.5. The predicted octanol–water partition coefficient (Wildman–Crippen LogP) is 0.689. The Morgan fingerprint density at radius 2 is 2.33 bits per heavy atom. The van der Waals surface area contributed by atoms with E-state index in [1.165, 1.54) is 0 Å². The fraction of sp³-hybridized carbons (Fsp3) is 0.909. The van der Waals surface area contributed by atoms with E-state index in [1.807, 2.05) is 0 Å². The molecule has 0 aromatic heterocycles. The van der Waals surface area contributed by atoms with Crippen LogP contribution in [0.5, 0.6) is 0 Å². The van der Waals surface area contributed by atoms with Gasteiger partial charge in [0, 0.05) is 13.0 Å². The second kappa shape index (κ2) is 6.08. The van der Waals surface area contributed by atoms with Crippen LogP contribution in [0.1, 0.15) is 33.1 Å². The van der Waals surface area contributed by atoms with Crippen LogP contribution in [0.3, 0.4) is 0 Å². The maximum atomic E-state index is 11.4. The number of hydrogen-bond donors (Lipinski definition) is 2. The van der Waals surface area contributed by atoms with Gasteiger partial charge >= 0.3 is 5.97 Å². The summed E-state index contributed by atoms with van der Waals surface area (Å²) in [5.41, 5.74) is 0. The van der Waals surface area contributed by atoms with Gasteiger partial charge in [0.05, 0.1) is 12.7 Å². The average molecular weight is 215 g/mol. The van der Waals surface area contributed by atoms with E-state index in [-0.39, 0.29) is 12.0 Å². The fourth-order valence-corrected chi connectivity index (χ4v) is 1.66. The smallest absolute Gasteiger partial charge is 0.323 e. The molecule has 2 N–H and O–H groups in total. The zero-order valence-corrected chi connectivity index (χ0v) is 9.53. The van der Waals surface area contributed by atoms with E-state index >= 15 is 0 Å². The number of ether oxygens (including phenoxy) is 1. The molecule has 4 heteroatoms. The van der Waals surface area contributed by atoms with Crippen molar-refractivity contribution in [3.63, 3.8) is 0 Å². The maximum Gasteiger partial charge on any atom is 0.323 e. The van der Waals surface area contributed by atoms with Crippen LogP contribution >= 0.6 is 0 Å². The molecule has 2 atom stereocenters. The number of hydrogen-bond acceptors (Lipinski definition) is 4. The normalized spacial score (nSPS) is 25.9. The van der Waals surface area contributed by atoms with Gasteiger partial charge in [-0.25, -0.2) is 0 Å². The van der Waals surface area contributed by atoms with Crippen LogP contribution < -0.4 is 5.32 Å². The van der Waals surface area contributed by atoms with Crippen LogP contribution in [0, 0.1) is 5.92 Å². The van der Waals surface area contributed by atoms with Gasteiger partial charge in [0.25, 0.3) is 0 Å². The summed E-state index contributed by atoms with van der Waals surface area (Å²) in [5.74, 6) is 0.422. The Morgan fingerprint density at radius 1 is 1.60 bits per heavy atom. The molecule has 1 saturated heterocycles. The lowest BCUT2D eigenvalue weighted by Crippen LogP contribution is -2.32. The Hall–Kier alpha value is -0.610. The summed E-state index contributed by atoms with van der Waals surface area (Å²) in [7, 11) is 0. The van der Waals surface area contributed by atoms with Gasteiger partial charge in [0.2, 0.25) is 0 Å². The number of β-amino-alcohol motifs (C(OH)–C–C–N with tert-alkyl or cyclic N) is 1. The topological polar surface area (TPSA) is 58.6 Å². The molecule has 0 spiro atoms. The summed E-state index contributed by atoms with van der Waals surface area (Å²) in [6, 6.07) is -0.306. The first-order valence-electron chi connectivity index (χ1n) is 5.67. The van der Waals surface area contributed by atoms with Crippen molar-refractivity contribution in [1.82, 2.24) is 5.32 Å². The standard InChI is InChI=1S/C11H21NO3/c1-8(2)4-3-5-15-11(14)10-6-9(13)7-12-10/h8-10,12-13H,3-7H2,1-2H3. The molecule has 0 radical (unpaired) electrons. The van der Waals surface area contributed by atoms with Crippen LogP contribution in [0.25, 0.3) is 0 Å². The molecule has 1 fully saturated rings. The Bertz CT molecular complexity index is 206. The number of carbonyl (C=O) groups is 1. The maximum absolute atomic E-state index is 11.4. The highest BCUT2D eigenvalue weighted by Gasteiger charge is 2.28. The van der Waals surface area contributed by atoms with Crippen molar-refractivity contribution in [2.45, 2.75) is 45.3 Å². The molecular weight excluding hydrogens is 194 g/mol. The monoisotopic (exact) mass is 215 g/mol. The molecule has 0 aliphatic carbocycles. The molecule has 1 aliphatic rings. The summed E-state index contributed by atoms with van der Waals surface area (Å²) >= 11 is 0. The van der Waals surface area contributed by atoms with E-state index in [1.54, 1.807) is 0 Å². The third-order valence-electron chi connectivity index (χ3n) is 2.56. The predicted molar refractivity (Wildman–Crippen MR) is 57.4 cm³/mol. The summed E-state index contributed by atoms with van der Waals surface area (Å²) in [6.07, 6.45) is 2.06. The summed E-state index contributed by atoms with van der Waals surface area (Å²) in [4.78, 5) is 11.4. The molecule has 88 valence electrons. The molecule has 0 aromatic rings. The first-order chi connectivity index (χ1) is 7.09. The lowest BCUT2D eigenvalue weighted by molar-refractivity contribution is -0.146. The Balaban J connectivity index is 2.08. The fourth-order valence-electron chi connectivity index (χ4n) is 1.66. The number of carbonyl (C=O) groups excluding carboxylic acids is 1. The van der Waals surface area contributed by atoms with Gasteiger partial charge in [-0.15, -0.1) is 0 Å². The third kappa shape index (κ3) is 4.62. The molecule has 0 aromatic carbocycles. The van der Waals surface area contributed by atoms with Crippen molar-refractivity contribution < 1.29 is 14.6 Å². The van der Waals surface area contributed by atoms with Gasteiger partial charge in [0.1, 0.15) is 6.04 Å². The summed E-state index contributed by atoms with van der Waals surface area (Å²) < 4.78 is 5.11. The average Bonchev–Trinajstić information content (AvgIpc) is 2.59. The minimum absolute atomic E-state index is 0.227. The summed E-state index contributed by atoms with van der Waals surface area (Å²) in [5, 5.41) is 12.2. The summed E-state index contributed by atoms with van der Waals surface area (Å²) in [6.45, 7) is 5.28. The van der Waals surface area contributed by atoms with Gasteiger partial charge in [-0.3, -0.25) is 4.79 Å². The van der Waals surface area contributed by atoms with Crippen LogP contribution in [0.2, 0.25) is 0 Å². The Morgan fingerprint density at radius 3 is 2.87 bits per heavy atom. The number of nitrogens with one attached hydrogen (secondary N) is 1. The van der Waals surface area contributed by atoms with Gasteiger partial charge in [-0.2, -0.15) is 0 Å². The SMILES string of the molecule is CC(C)CCCOC(=O)C1CC(O)CN1. The molecule has 4 nitrogen and oxygen atoms in total. The number of esters is 1. The molecule has 0 bridgehead atoms. The van der Waals surface area contributed by atoms with Crippen molar-refractivity contribution in [2.24, 2.45) is 5.92 Å². The van der Waals surface area contributed by atoms with E-state index in [9.17, 15) is 9.90 Å². The highest BCUT2D eigenvalue weighted by Crippen LogP contribution is 2.09. The number of aliphatic hydroxyl groups excluding tert-OH is 1. The van der Waals surface area contributed by atoms with Crippen molar-refractivity contribution in [3.8, 4) is 0 Å². The van der Waals surface area contributed by atoms with E-state index in [4.69, 9.17) is 4.74 Å². The van der Waals surface area contributed by atoms with Crippen molar-refractivity contribution in [3.05, 3.63) is 0 Å². The molecule has 1 aliphatic heterocycles. The molecular formula is C11H21NO3. The van der Waals surface area contributed by atoms with Crippen LogP contribution in [0.15, 0.2) is 0 Å². The van der Waals surface area contributed by atoms with Gasteiger partial charge < -0.3 is 15.2 Å². The molecule has 0 amide bonds. The molecule has 15 heavy (non-hydrogen) atoms. The molecule has 1 rings (SSSR count). The van der Waals surface area contributed by atoms with E-state index in [2.05, 4.69) is 19.2 Å². The van der Waals surface area contributed by atoms with Gasteiger partial charge in [-0.05, 0) is 18.8 Å². The highest BCUT2D eigenvalue weighted by molar-refractivity contribution is 5.76. The van der Waals surface area contributed by atoms with Crippen LogP contribution in [-0.2, 0) is 9.53 Å². The minimum Gasteiger partial charge on any atom is -0.465 e. The zero-order chi connectivity index (χ0) is 11.3. The lowest BCUT2D eigenvalue weighted by Gasteiger charge is -2.10. The van der Waals surface area contributed by atoms with E-state index in [0.717, 1.165) is 12.8 Å². The number of rotatable bonds is 5. The third-order valence-corrected chi connectivity index (χ3v) is 2.56. The minimum atomic E-state index is -0.404. The number of aliphatic hydroxyl groups is 1. The van der Waals surface area contributed by atoms with E-state index in [0.29, 0.717) is 25.5 Å². The first-order valence-corrected chi connectivity index (χ1v) is 5.67. The zero-order valence-electron chi connectivity index (χ0n) is 9.53. The van der Waals surface area contributed by atoms with Gasteiger partial charge in [0.15, 0.2) is 0 Å². The Kier molecular flexibility index (Phi) is 5.05. The molecule has 2 unspecified atom stereocenters. The van der Waals surface area contributed by atoms with Crippen LogP contribution in [0.4, 0.5) is 0 Å².